The van der Waals surface area contributed by atoms with Crippen LogP contribution in [0.15, 0.2) is 91.5 Å². The first-order valence-corrected chi connectivity index (χ1v) is 39.6. The van der Waals surface area contributed by atoms with E-state index in [9.17, 15) is 27.2 Å². The van der Waals surface area contributed by atoms with Crippen molar-refractivity contribution < 1.29 is 55.6 Å². The maximum Gasteiger partial charge on any atom is 0.387 e. The summed E-state index contributed by atoms with van der Waals surface area (Å²) in [4.78, 5) is 48.6. The molecule has 95 heavy (non-hydrogen) atoms. The highest BCUT2D eigenvalue weighted by Crippen LogP contribution is 2.35. The first kappa shape index (κ1) is 70.1. The molecule has 0 aliphatic carbocycles. The predicted octanol–water partition coefficient (Wildman–Crippen LogP) is 11.7. The maximum absolute atomic E-state index is 13.6. The Kier molecular flexibility index (Phi) is 21.9. The Hall–Kier alpha value is -7.71. The van der Waals surface area contributed by atoms with E-state index in [1.807, 2.05) is 64.4 Å². The lowest BCUT2D eigenvalue weighted by Gasteiger charge is -2.33. The average Bonchev–Trinajstić information content (AvgIpc) is 1.62. The number of ether oxygens (including phenoxy) is 6. The summed E-state index contributed by atoms with van der Waals surface area (Å²) in [6, 6.07) is 21.8. The monoisotopic (exact) mass is 1350 g/mol. The minimum absolute atomic E-state index is 0.00199. The summed E-state index contributed by atoms with van der Waals surface area (Å²) in [6.45, 7) is 26.7. The average molecular weight is 1350 g/mol. The molecule has 28 heteroatoms. The number of aromatic nitrogens is 10. The summed E-state index contributed by atoms with van der Waals surface area (Å²) in [5.41, 5.74) is 5.77. The van der Waals surface area contributed by atoms with Crippen molar-refractivity contribution in [1.29, 1.82) is 0 Å². The number of benzene rings is 3. The highest BCUT2D eigenvalue weighted by Gasteiger charge is 2.29. The lowest BCUT2D eigenvalue weighted by Crippen LogP contribution is -2.43. The second kappa shape index (κ2) is 29.7. The molecule has 0 radical (unpaired) electrons. The molecule has 510 valence electrons. The molecule has 2 atom stereocenters. The van der Waals surface area contributed by atoms with Crippen LogP contribution < -0.4 is 25.4 Å². The largest absolute Gasteiger partial charge is 0.435 e. The fourth-order valence-corrected chi connectivity index (χ4v) is 12.6. The third-order valence-electron chi connectivity index (χ3n) is 15.7. The quantitative estimate of drug-likeness (QED) is 0.0290. The zero-order valence-corrected chi connectivity index (χ0v) is 58.3. The number of morpholine rings is 2. The minimum atomic E-state index is -2.99. The summed E-state index contributed by atoms with van der Waals surface area (Å²) >= 11 is 0. The van der Waals surface area contributed by atoms with Gasteiger partial charge < -0.3 is 53.5 Å². The number of alkyl halides is 4. The first-order chi connectivity index (χ1) is 45.0. The Morgan fingerprint density at radius 1 is 0.653 bits per heavy atom. The fraction of sp³-hybridized carbons (Fsp3) is 0.493. The van der Waals surface area contributed by atoms with Gasteiger partial charge in [0, 0.05) is 96.3 Å². The lowest BCUT2D eigenvalue weighted by atomic mass is 10.1. The van der Waals surface area contributed by atoms with E-state index in [0.717, 1.165) is 31.7 Å². The van der Waals surface area contributed by atoms with Crippen molar-refractivity contribution in [2.24, 2.45) is 0 Å². The maximum atomic E-state index is 13.6. The second-order valence-corrected chi connectivity index (χ2v) is 39.8. The molecular formula is C67H88F4N14O8Si2. The van der Waals surface area contributed by atoms with Gasteiger partial charge in [-0.05, 0) is 95.6 Å². The number of hydrogen-bond donors (Lipinski definition) is 3. The normalized spacial score (nSPS) is 16.1. The van der Waals surface area contributed by atoms with Crippen molar-refractivity contribution in [2.75, 3.05) is 52.6 Å². The van der Waals surface area contributed by atoms with Gasteiger partial charge in [-0.3, -0.25) is 23.9 Å². The molecule has 22 nitrogen and oxygen atoms in total. The van der Waals surface area contributed by atoms with Crippen molar-refractivity contribution in [3.05, 3.63) is 108 Å². The number of carbonyl (C=O) groups is 2. The van der Waals surface area contributed by atoms with Gasteiger partial charge in [-0.15, -0.1) is 0 Å². The van der Waals surface area contributed by atoms with Crippen molar-refractivity contribution in [1.82, 2.24) is 69.5 Å². The number of amides is 2. The molecule has 2 fully saturated rings. The van der Waals surface area contributed by atoms with Crippen LogP contribution in [-0.4, -0.2) is 171 Å². The second-order valence-electron chi connectivity index (χ2n) is 28.6. The molecule has 8 heterocycles. The topological polar surface area (TPSA) is 226 Å². The van der Waals surface area contributed by atoms with Gasteiger partial charge in [-0.1, -0.05) is 69.6 Å². The van der Waals surface area contributed by atoms with Crippen LogP contribution in [0, 0.1) is 0 Å². The van der Waals surface area contributed by atoms with E-state index < -0.39 is 40.4 Å². The highest BCUT2D eigenvalue weighted by molar-refractivity contribution is 6.76. The Bertz CT molecular complexity index is 4110. The van der Waals surface area contributed by atoms with E-state index in [4.69, 9.17) is 58.6 Å². The summed E-state index contributed by atoms with van der Waals surface area (Å²) in [5.74, 6) is -0.580. The first-order valence-electron chi connectivity index (χ1n) is 32.1. The zero-order chi connectivity index (χ0) is 68.0. The van der Waals surface area contributed by atoms with Gasteiger partial charge >= 0.3 is 13.2 Å². The molecule has 2 aliphatic rings. The molecule has 9 aromatic rings. The van der Waals surface area contributed by atoms with E-state index in [0.29, 0.717) is 131 Å². The summed E-state index contributed by atoms with van der Waals surface area (Å²) in [7, 11) is -2.58. The van der Waals surface area contributed by atoms with Crippen molar-refractivity contribution >= 4 is 72.1 Å². The van der Waals surface area contributed by atoms with E-state index in [-0.39, 0.29) is 49.0 Å². The van der Waals surface area contributed by atoms with Gasteiger partial charge in [0.25, 0.3) is 11.8 Å². The molecule has 2 amide bonds. The molecule has 6 aromatic heterocycles. The predicted molar refractivity (Wildman–Crippen MR) is 362 cm³/mol. The third-order valence-corrected chi connectivity index (χ3v) is 19.1. The number of nitrogens with zero attached hydrogens (tertiary/aromatic N) is 11. The van der Waals surface area contributed by atoms with Crippen LogP contribution in [0.2, 0.25) is 51.4 Å². The summed E-state index contributed by atoms with van der Waals surface area (Å²) in [6.07, 6.45) is 6.33. The van der Waals surface area contributed by atoms with Crippen LogP contribution in [0.1, 0.15) is 67.8 Å². The van der Waals surface area contributed by atoms with E-state index in [1.165, 1.54) is 23.8 Å². The third kappa shape index (κ3) is 18.9. The van der Waals surface area contributed by atoms with Crippen LogP contribution in [-0.2, 0) is 52.0 Å². The molecule has 3 aromatic carbocycles. The summed E-state index contributed by atoms with van der Waals surface area (Å²) < 4.78 is 93.5. The molecule has 2 aliphatic heterocycles. The number of rotatable bonds is 24. The number of fused-ring (bicyclic) bond motifs is 4. The summed E-state index contributed by atoms with van der Waals surface area (Å²) in [5, 5.41) is 20.3. The molecular weight excluding hydrogens is 1260 g/mol. The van der Waals surface area contributed by atoms with E-state index in [1.54, 1.807) is 56.8 Å². The minimum Gasteiger partial charge on any atom is -0.435 e. The van der Waals surface area contributed by atoms with Gasteiger partial charge in [0.05, 0.1) is 73.1 Å². The van der Waals surface area contributed by atoms with Crippen LogP contribution in [0.25, 0.3) is 66.9 Å². The number of nitrogens with one attached hydrogen (secondary N) is 3. The smallest absolute Gasteiger partial charge is 0.387 e. The van der Waals surface area contributed by atoms with Crippen molar-refractivity contribution in [3.63, 3.8) is 0 Å². The Balaban J connectivity index is 0.000000209. The standard InChI is InChI=1S/C37H47F2N7O4Si.C30H41F2N7O4Si/c1-37(2,3)42-35(47)29-23-45(24-48-16-17-51(4,5)6)34-33(29)41-30(19-40-34)32-28-18-26(50-36(38)39)12-13-31(28)46(43-32)22-27-21-44(14-15-49-27)20-25-10-8-7-9-11-25;1-30(2,3)36-28(40)22-17-38(18-41-11-12-44(4,5)6)27-26(22)35-23(15-34-27)25-21-13-19(43-29(31)32)7-8-24(21)39(37-25)16-20-14-33-9-10-42-20/h7-13,18-19,23,27,36H,14-17,20-22,24H2,1-6H3,(H,42,47);7-8,13,15,17,20,29,33H,9-12,14,16,18H2,1-6H3,(H,36,40). The fourth-order valence-electron chi connectivity index (χ4n) is 11.1. The van der Waals surface area contributed by atoms with Crippen LogP contribution in [0.5, 0.6) is 11.5 Å². The Morgan fingerprint density at radius 2 is 1.13 bits per heavy atom. The molecule has 3 N–H and O–H groups in total. The van der Waals surface area contributed by atoms with Gasteiger partial charge in [-0.25, -0.2) is 19.9 Å². The van der Waals surface area contributed by atoms with E-state index >= 15 is 0 Å². The molecule has 0 spiro atoms. The lowest BCUT2D eigenvalue weighted by molar-refractivity contribution is -0.0504. The van der Waals surface area contributed by atoms with Gasteiger partial charge in [-0.2, -0.15) is 27.8 Å². The number of carbonyl (C=O) groups excluding carboxylic acids is 2. The van der Waals surface area contributed by atoms with Gasteiger partial charge in [0.1, 0.15) is 58.8 Å². The van der Waals surface area contributed by atoms with Crippen molar-refractivity contribution in [3.8, 4) is 34.3 Å². The number of halogens is 4. The van der Waals surface area contributed by atoms with Crippen LogP contribution in [0.3, 0.4) is 0 Å². The van der Waals surface area contributed by atoms with E-state index in [2.05, 4.69) is 72.3 Å². The number of hydrogen-bond acceptors (Lipinski definition) is 16. The SMILES string of the molecule is CC(C)(C)NC(=O)c1cn(COCC[Si](C)(C)C)c2ncc(-c3nn(CC4CN(Cc5ccccc5)CCO4)c4ccc(OC(F)F)cc34)nc12.CC(C)(C)NC(=O)c1cn(COCC[Si](C)(C)C)c2ncc(-c3nn(CC4CNCCO4)c4ccc(OC(F)F)cc34)nc12. The Morgan fingerprint density at radius 3 is 1.57 bits per heavy atom. The molecule has 0 bridgehead atoms. The molecule has 11 rings (SSSR count). The van der Waals surface area contributed by atoms with Crippen LogP contribution >= 0.6 is 0 Å². The molecule has 0 saturated carbocycles. The molecule has 2 saturated heterocycles. The Labute approximate surface area is 552 Å². The van der Waals surface area contributed by atoms with Crippen molar-refractivity contribution in [2.45, 2.75) is 163 Å². The highest BCUT2D eigenvalue weighted by atomic mass is 28.3. The van der Waals surface area contributed by atoms with Gasteiger partial charge in [0.15, 0.2) is 11.3 Å². The van der Waals surface area contributed by atoms with Crippen LogP contribution in [0.4, 0.5) is 17.6 Å². The zero-order valence-electron chi connectivity index (χ0n) is 56.3. The van der Waals surface area contributed by atoms with Gasteiger partial charge in [0.2, 0.25) is 0 Å². The molecule has 2 unspecified atom stereocenters.